The average Bonchev–Trinajstić information content (AvgIpc) is 3.11. The Balaban J connectivity index is 0.00000280. The van der Waals surface area contributed by atoms with Crippen molar-refractivity contribution in [2.45, 2.75) is 25.7 Å². The molecule has 1 atom stereocenters. The van der Waals surface area contributed by atoms with Crippen LogP contribution < -0.4 is 5.32 Å². The number of guanidine groups is 1. The fourth-order valence-corrected chi connectivity index (χ4v) is 5.03. The number of aliphatic imine (C=N–C) groups is 1. The summed E-state index contributed by atoms with van der Waals surface area (Å²) in [6.07, 6.45) is 5.44. The SMILES string of the molecule is CN=C(NCC1CCN(S(C)(=O)=O)CC1)N1CCC(Cc2ccccc2)C1.I. The summed E-state index contributed by atoms with van der Waals surface area (Å²) in [5, 5.41) is 3.53. The number of likely N-dealkylation sites (tertiary alicyclic amines) is 1. The van der Waals surface area contributed by atoms with Crippen molar-refractivity contribution in [1.82, 2.24) is 14.5 Å². The molecule has 2 fully saturated rings. The van der Waals surface area contributed by atoms with Gasteiger partial charge in [0.1, 0.15) is 0 Å². The number of sulfonamides is 1. The van der Waals surface area contributed by atoms with Crippen LogP contribution in [0.5, 0.6) is 0 Å². The number of benzene rings is 1. The molecule has 0 saturated carbocycles. The first-order chi connectivity index (χ1) is 13.0. The van der Waals surface area contributed by atoms with E-state index in [9.17, 15) is 8.42 Å². The van der Waals surface area contributed by atoms with Crippen molar-refractivity contribution in [2.75, 3.05) is 46.0 Å². The van der Waals surface area contributed by atoms with E-state index in [4.69, 9.17) is 0 Å². The highest BCUT2D eigenvalue weighted by atomic mass is 127. The number of piperidine rings is 1. The van der Waals surface area contributed by atoms with Gasteiger partial charge in [0, 0.05) is 39.8 Å². The lowest BCUT2D eigenvalue weighted by atomic mass is 9.98. The second-order valence-corrected chi connectivity index (χ2v) is 9.81. The Morgan fingerprint density at radius 2 is 1.75 bits per heavy atom. The summed E-state index contributed by atoms with van der Waals surface area (Å²) in [6.45, 7) is 4.22. The van der Waals surface area contributed by atoms with Gasteiger partial charge in [-0.15, -0.1) is 24.0 Å². The van der Waals surface area contributed by atoms with Crippen LogP contribution in [0.1, 0.15) is 24.8 Å². The highest BCUT2D eigenvalue weighted by molar-refractivity contribution is 14.0. The highest BCUT2D eigenvalue weighted by Gasteiger charge is 2.27. The number of hydrogen-bond acceptors (Lipinski definition) is 3. The Hall–Kier alpha value is -0.870. The predicted molar refractivity (Wildman–Crippen MR) is 126 cm³/mol. The van der Waals surface area contributed by atoms with Crippen molar-refractivity contribution >= 4 is 40.0 Å². The molecular formula is C20H33IN4O2S. The van der Waals surface area contributed by atoms with Gasteiger partial charge in [-0.05, 0) is 43.1 Å². The molecule has 2 heterocycles. The van der Waals surface area contributed by atoms with E-state index in [0.29, 0.717) is 24.9 Å². The van der Waals surface area contributed by atoms with Gasteiger partial charge >= 0.3 is 0 Å². The van der Waals surface area contributed by atoms with Crippen LogP contribution in [0.4, 0.5) is 0 Å². The van der Waals surface area contributed by atoms with Crippen LogP contribution in [0.25, 0.3) is 0 Å². The number of nitrogens with zero attached hydrogens (tertiary/aromatic N) is 3. The number of rotatable bonds is 5. The Morgan fingerprint density at radius 3 is 2.36 bits per heavy atom. The zero-order valence-corrected chi connectivity index (χ0v) is 20.0. The van der Waals surface area contributed by atoms with Crippen LogP contribution in [0, 0.1) is 11.8 Å². The van der Waals surface area contributed by atoms with Crippen molar-refractivity contribution < 1.29 is 8.42 Å². The summed E-state index contributed by atoms with van der Waals surface area (Å²) in [4.78, 5) is 6.84. The summed E-state index contributed by atoms with van der Waals surface area (Å²) >= 11 is 0. The van der Waals surface area contributed by atoms with Crippen LogP contribution in [-0.4, -0.2) is 69.6 Å². The van der Waals surface area contributed by atoms with Gasteiger partial charge in [0.25, 0.3) is 0 Å². The minimum Gasteiger partial charge on any atom is -0.356 e. The summed E-state index contributed by atoms with van der Waals surface area (Å²) < 4.78 is 24.8. The number of halogens is 1. The molecule has 0 amide bonds. The van der Waals surface area contributed by atoms with Gasteiger partial charge in [0.05, 0.1) is 6.26 Å². The molecule has 0 aromatic heterocycles. The van der Waals surface area contributed by atoms with Gasteiger partial charge in [-0.3, -0.25) is 4.99 Å². The van der Waals surface area contributed by atoms with E-state index in [0.717, 1.165) is 44.9 Å². The van der Waals surface area contributed by atoms with Gasteiger partial charge in [0.2, 0.25) is 10.0 Å². The molecule has 0 radical (unpaired) electrons. The lowest BCUT2D eigenvalue weighted by Gasteiger charge is -2.31. The molecule has 8 heteroatoms. The van der Waals surface area contributed by atoms with Gasteiger partial charge in [-0.1, -0.05) is 30.3 Å². The zero-order chi connectivity index (χ0) is 19.3. The molecule has 2 aliphatic heterocycles. The molecule has 1 N–H and O–H groups in total. The lowest BCUT2D eigenvalue weighted by Crippen LogP contribution is -2.45. The van der Waals surface area contributed by atoms with E-state index in [-0.39, 0.29) is 24.0 Å². The van der Waals surface area contributed by atoms with Gasteiger partial charge in [-0.25, -0.2) is 12.7 Å². The second kappa shape index (κ2) is 10.8. The monoisotopic (exact) mass is 520 g/mol. The van der Waals surface area contributed by atoms with Gasteiger partial charge < -0.3 is 10.2 Å². The standard InChI is InChI=1S/C20H32N4O2S.HI/c1-21-20(22-15-18-9-12-24(13-10-18)27(2,25)26)23-11-8-19(16-23)14-17-6-4-3-5-7-17;/h3-7,18-19H,8-16H2,1-2H3,(H,21,22);1H. The predicted octanol–water partition coefficient (Wildman–Crippen LogP) is 2.42. The van der Waals surface area contributed by atoms with Gasteiger partial charge in [-0.2, -0.15) is 0 Å². The van der Waals surface area contributed by atoms with Crippen LogP contribution in [-0.2, 0) is 16.4 Å². The summed E-state index contributed by atoms with van der Waals surface area (Å²) in [5.41, 5.74) is 1.41. The maximum Gasteiger partial charge on any atom is 0.211 e. The molecule has 2 saturated heterocycles. The largest absolute Gasteiger partial charge is 0.356 e. The van der Waals surface area contributed by atoms with E-state index in [1.165, 1.54) is 18.2 Å². The van der Waals surface area contributed by atoms with Gasteiger partial charge in [0.15, 0.2) is 5.96 Å². The molecule has 0 spiro atoms. The summed E-state index contributed by atoms with van der Waals surface area (Å²) in [6, 6.07) is 10.7. The van der Waals surface area contributed by atoms with Crippen LogP contribution >= 0.6 is 24.0 Å². The average molecular weight is 520 g/mol. The number of hydrogen-bond donors (Lipinski definition) is 1. The Bertz CT molecular complexity index is 734. The molecule has 3 rings (SSSR count). The van der Waals surface area contributed by atoms with Crippen molar-refractivity contribution in [2.24, 2.45) is 16.8 Å². The fraction of sp³-hybridized carbons (Fsp3) is 0.650. The van der Waals surface area contributed by atoms with E-state index < -0.39 is 10.0 Å². The molecule has 2 aliphatic rings. The Morgan fingerprint density at radius 1 is 1.11 bits per heavy atom. The third-order valence-electron chi connectivity index (χ3n) is 5.76. The van der Waals surface area contributed by atoms with E-state index in [2.05, 4.69) is 45.5 Å². The molecule has 0 bridgehead atoms. The maximum atomic E-state index is 11.6. The fourth-order valence-electron chi connectivity index (χ4n) is 4.15. The molecule has 6 nitrogen and oxygen atoms in total. The normalized spacial score (nSPS) is 22.1. The zero-order valence-electron chi connectivity index (χ0n) is 16.9. The molecule has 0 aliphatic carbocycles. The molecule has 1 unspecified atom stereocenters. The topological polar surface area (TPSA) is 65.0 Å². The molecule has 1 aromatic rings. The van der Waals surface area contributed by atoms with Crippen molar-refractivity contribution in [3.05, 3.63) is 35.9 Å². The number of nitrogens with one attached hydrogen (secondary N) is 1. The highest BCUT2D eigenvalue weighted by Crippen LogP contribution is 2.22. The second-order valence-electron chi connectivity index (χ2n) is 7.82. The maximum absolute atomic E-state index is 11.6. The lowest BCUT2D eigenvalue weighted by molar-refractivity contribution is 0.273. The van der Waals surface area contributed by atoms with E-state index >= 15 is 0 Å². The van der Waals surface area contributed by atoms with E-state index in [1.54, 1.807) is 4.31 Å². The summed E-state index contributed by atoms with van der Waals surface area (Å²) in [7, 11) is -1.20. The quantitative estimate of drug-likeness (QED) is 0.368. The Labute approximate surface area is 186 Å². The van der Waals surface area contributed by atoms with Crippen LogP contribution in [0.15, 0.2) is 35.3 Å². The molecule has 158 valence electrons. The molecule has 28 heavy (non-hydrogen) atoms. The first-order valence-corrected chi connectivity index (χ1v) is 11.7. The smallest absolute Gasteiger partial charge is 0.211 e. The summed E-state index contributed by atoms with van der Waals surface area (Å²) in [5.74, 6) is 2.16. The van der Waals surface area contributed by atoms with Crippen molar-refractivity contribution in [1.29, 1.82) is 0 Å². The third kappa shape index (κ3) is 6.59. The third-order valence-corrected chi connectivity index (χ3v) is 7.06. The Kier molecular flexibility index (Phi) is 9.01. The van der Waals surface area contributed by atoms with Crippen LogP contribution in [0.2, 0.25) is 0 Å². The minimum atomic E-state index is -3.05. The first-order valence-electron chi connectivity index (χ1n) is 9.90. The minimum absolute atomic E-state index is 0. The van der Waals surface area contributed by atoms with E-state index in [1.807, 2.05) is 7.05 Å². The van der Waals surface area contributed by atoms with Crippen molar-refractivity contribution in [3.8, 4) is 0 Å². The van der Waals surface area contributed by atoms with Crippen molar-refractivity contribution in [3.63, 3.8) is 0 Å². The van der Waals surface area contributed by atoms with Crippen LogP contribution in [0.3, 0.4) is 0 Å². The molecular weight excluding hydrogens is 487 g/mol. The first kappa shape index (κ1) is 23.4. The molecule has 1 aromatic carbocycles.